The molecule has 0 saturated carbocycles. The number of aldehydes is 1. The van der Waals surface area contributed by atoms with Crippen molar-refractivity contribution in [3.8, 4) is 0 Å². The van der Waals surface area contributed by atoms with Crippen molar-refractivity contribution < 1.29 is 23.8 Å². The molecule has 0 aromatic rings. The molecule has 0 bridgehead atoms. The third-order valence-electron chi connectivity index (χ3n) is 0.923. The maximum atomic E-state index is 10.9. The largest absolute Gasteiger partial charge is 0.357 e. The highest BCUT2D eigenvalue weighted by atomic mass is 31.2. The molecule has 5 nitrogen and oxygen atoms in total. The summed E-state index contributed by atoms with van der Waals surface area (Å²) >= 11 is 0. The lowest BCUT2D eigenvalue weighted by atomic mass is 10.6. The molecule has 0 amide bonds. The zero-order valence-corrected chi connectivity index (χ0v) is 6.41. The van der Waals surface area contributed by atoms with Crippen molar-refractivity contribution in [2.75, 3.05) is 13.3 Å². The Kier molecular flexibility index (Phi) is 4.47. The Morgan fingerprint density at radius 3 is 2.60 bits per heavy atom. The summed E-state index contributed by atoms with van der Waals surface area (Å²) in [7, 11) is -2.23. The lowest BCUT2D eigenvalue weighted by Crippen LogP contribution is -1.95. The molecule has 0 heterocycles. The molecule has 6 heteroatoms. The molecule has 1 atom stereocenters. The molecule has 0 aliphatic heterocycles. The molecule has 1 unspecified atom stereocenters. The summed E-state index contributed by atoms with van der Waals surface area (Å²) in [6.45, 7) is 0. The van der Waals surface area contributed by atoms with Crippen LogP contribution in [0.1, 0.15) is 6.42 Å². The topological polar surface area (TPSA) is 72.8 Å². The van der Waals surface area contributed by atoms with Crippen molar-refractivity contribution in [1.82, 2.24) is 0 Å². The average molecular weight is 168 g/mol. The molecule has 0 aliphatic carbocycles. The number of carbonyl (C=O) groups excluding carboxylic acids is 1. The van der Waals surface area contributed by atoms with Crippen molar-refractivity contribution in [3.63, 3.8) is 0 Å². The minimum Gasteiger partial charge on any atom is -0.310 e. The summed E-state index contributed by atoms with van der Waals surface area (Å²) in [6.07, 6.45) is 0.528. The van der Waals surface area contributed by atoms with E-state index in [4.69, 9.17) is 5.26 Å². The first-order valence-corrected chi connectivity index (χ1v) is 4.33. The van der Waals surface area contributed by atoms with Gasteiger partial charge >= 0.3 is 7.60 Å². The Hall–Kier alpha value is -0.220. The SMILES string of the molecule is COP(=O)(CCC=O)OO. The van der Waals surface area contributed by atoms with Gasteiger partial charge in [0, 0.05) is 13.5 Å². The van der Waals surface area contributed by atoms with Crippen molar-refractivity contribution in [1.29, 1.82) is 0 Å². The molecule has 0 aromatic heterocycles. The van der Waals surface area contributed by atoms with Crippen LogP contribution < -0.4 is 0 Å². The molecular weight excluding hydrogens is 159 g/mol. The van der Waals surface area contributed by atoms with Gasteiger partial charge in [-0.3, -0.25) is 4.57 Å². The van der Waals surface area contributed by atoms with E-state index >= 15 is 0 Å². The number of hydrogen-bond acceptors (Lipinski definition) is 5. The number of carbonyl (C=O) groups is 1. The first-order valence-electron chi connectivity index (χ1n) is 2.60. The molecule has 0 fully saturated rings. The maximum Gasteiger partial charge on any atom is 0.357 e. The predicted octanol–water partition coefficient (Wildman–Crippen LogP) is 0.904. The third kappa shape index (κ3) is 3.08. The fraction of sp³-hybridized carbons (Fsp3) is 0.750. The summed E-state index contributed by atoms with van der Waals surface area (Å²) in [5.41, 5.74) is 0. The van der Waals surface area contributed by atoms with E-state index in [-0.39, 0.29) is 12.6 Å². The first-order chi connectivity index (χ1) is 4.68. The molecule has 0 radical (unpaired) electrons. The van der Waals surface area contributed by atoms with E-state index in [0.29, 0.717) is 6.29 Å². The van der Waals surface area contributed by atoms with Gasteiger partial charge in [0.05, 0.1) is 6.16 Å². The van der Waals surface area contributed by atoms with Gasteiger partial charge in [0.25, 0.3) is 0 Å². The minimum atomic E-state index is -3.37. The monoisotopic (exact) mass is 168 g/mol. The van der Waals surface area contributed by atoms with Gasteiger partial charge in [-0.2, -0.15) is 4.67 Å². The van der Waals surface area contributed by atoms with Crippen molar-refractivity contribution in [2.45, 2.75) is 6.42 Å². The standard InChI is InChI=1S/C4H9O5P/c1-8-10(7,9-6)4-2-3-5/h3,6H,2,4H2,1H3. The summed E-state index contributed by atoms with van der Waals surface area (Å²) in [6, 6.07) is 0. The summed E-state index contributed by atoms with van der Waals surface area (Å²) in [5.74, 6) is 0. The Morgan fingerprint density at radius 1 is 1.70 bits per heavy atom. The smallest absolute Gasteiger partial charge is 0.310 e. The quantitative estimate of drug-likeness (QED) is 0.286. The van der Waals surface area contributed by atoms with Gasteiger partial charge < -0.3 is 9.32 Å². The van der Waals surface area contributed by atoms with Crippen LogP contribution >= 0.6 is 7.60 Å². The fourth-order valence-corrected chi connectivity index (χ4v) is 1.13. The van der Waals surface area contributed by atoms with Crippen molar-refractivity contribution >= 4 is 13.9 Å². The van der Waals surface area contributed by atoms with Crippen LogP contribution in [0.5, 0.6) is 0 Å². The van der Waals surface area contributed by atoms with Gasteiger partial charge in [0.15, 0.2) is 0 Å². The zero-order chi connectivity index (χ0) is 8.04. The van der Waals surface area contributed by atoms with Crippen molar-refractivity contribution in [3.05, 3.63) is 0 Å². The molecule has 10 heavy (non-hydrogen) atoms. The Bertz CT molecular complexity index is 137. The molecular formula is C4H9O5P. The zero-order valence-electron chi connectivity index (χ0n) is 5.52. The van der Waals surface area contributed by atoms with Gasteiger partial charge in [-0.05, 0) is 0 Å². The van der Waals surface area contributed by atoms with Crippen LogP contribution in [0.15, 0.2) is 0 Å². The molecule has 1 N–H and O–H groups in total. The second-order valence-electron chi connectivity index (χ2n) is 1.55. The van der Waals surface area contributed by atoms with E-state index in [1.807, 2.05) is 0 Å². The summed E-state index contributed by atoms with van der Waals surface area (Å²) in [4.78, 5) is 9.77. The van der Waals surface area contributed by atoms with Gasteiger partial charge in [-0.15, -0.1) is 0 Å². The molecule has 0 aromatic carbocycles. The highest BCUT2D eigenvalue weighted by Gasteiger charge is 2.21. The number of hydrogen-bond donors (Lipinski definition) is 1. The van der Waals surface area contributed by atoms with Crippen LogP contribution in [0.3, 0.4) is 0 Å². The predicted molar refractivity (Wildman–Crippen MR) is 33.9 cm³/mol. The van der Waals surface area contributed by atoms with E-state index in [9.17, 15) is 9.36 Å². The van der Waals surface area contributed by atoms with Crippen LogP contribution in [-0.2, 0) is 18.6 Å². The van der Waals surface area contributed by atoms with E-state index < -0.39 is 7.60 Å². The first kappa shape index (κ1) is 9.78. The molecule has 0 spiro atoms. The van der Waals surface area contributed by atoms with Gasteiger partial charge in [0.1, 0.15) is 6.29 Å². The maximum absolute atomic E-state index is 10.9. The molecule has 60 valence electrons. The molecule has 0 saturated heterocycles. The van der Waals surface area contributed by atoms with Crippen LogP contribution in [0, 0.1) is 0 Å². The van der Waals surface area contributed by atoms with E-state index in [2.05, 4.69) is 9.20 Å². The summed E-state index contributed by atoms with van der Waals surface area (Å²) in [5, 5.41) is 8.01. The van der Waals surface area contributed by atoms with Crippen LogP contribution in [-0.4, -0.2) is 24.8 Å². The van der Waals surface area contributed by atoms with Gasteiger partial charge in [-0.1, -0.05) is 0 Å². The molecule has 0 rings (SSSR count). The van der Waals surface area contributed by atoms with E-state index in [1.165, 1.54) is 0 Å². The second-order valence-corrected chi connectivity index (χ2v) is 3.75. The lowest BCUT2D eigenvalue weighted by molar-refractivity contribution is -0.147. The lowest BCUT2D eigenvalue weighted by Gasteiger charge is -2.08. The van der Waals surface area contributed by atoms with Crippen LogP contribution in [0.2, 0.25) is 0 Å². The number of rotatable bonds is 5. The second kappa shape index (κ2) is 4.57. The minimum absolute atomic E-state index is 0.0473. The highest BCUT2D eigenvalue weighted by molar-refractivity contribution is 7.53. The van der Waals surface area contributed by atoms with E-state index in [1.54, 1.807) is 0 Å². The van der Waals surface area contributed by atoms with E-state index in [0.717, 1.165) is 7.11 Å². The summed E-state index contributed by atoms with van der Waals surface area (Å²) < 4.78 is 18.7. The Morgan fingerprint density at radius 2 is 2.30 bits per heavy atom. The molecule has 0 aliphatic rings. The Balaban J connectivity index is 3.81. The Labute approximate surface area is 58.4 Å². The average Bonchev–Trinajstić information content (AvgIpc) is 2.00. The third-order valence-corrected chi connectivity index (χ3v) is 2.53. The van der Waals surface area contributed by atoms with Crippen LogP contribution in [0.25, 0.3) is 0 Å². The van der Waals surface area contributed by atoms with Crippen molar-refractivity contribution in [2.24, 2.45) is 0 Å². The fourth-order valence-electron chi connectivity index (χ4n) is 0.376. The van der Waals surface area contributed by atoms with Crippen LogP contribution in [0.4, 0.5) is 0 Å². The van der Waals surface area contributed by atoms with Gasteiger partial charge in [0.2, 0.25) is 0 Å². The highest BCUT2D eigenvalue weighted by Crippen LogP contribution is 2.46. The van der Waals surface area contributed by atoms with Gasteiger partial charge in [-0.25, -0.2) is 5.26 Å². The normalized spacial score (nSPS) is 16.2.